The first-order chi connectivity index (χ1) is 16.2. The van der Waals surface area contributed by atoms with Crippen LogP contribution in [0.2, 0.25) is 0 Å². The molecule has 0 saturated carbocycles. The summed E-state index contributed by atoms with van der Waals surface area (Å²) >= 11 is 0. The van der Waals surface area contributed by atoms with Gasteiger partial charge in [-0.2, -0.15) is 0 Å². The van der Waals surface area contributed by atoms with E-state index in [4.69, 9.17) is 0 Å². The van der Waals surface area contributed by atoms with Gasteiger partial charge in [-0.3, -0.25) is 14.5 Å². The molecule has 0 aromatic heterocycles. The van der Waals surface area contributed by atoms with Crippen molar-refractivity contribution in [2.45, 2.75) is 40.0 Å². The number of imide groups is 1. The lowest BCUT2D eigenvalue weighted by Gasteiger charge is -2.15. The first kappa shape index (κ1) is 23.4. The van der Waals surface area contributed by atoms with Crippen LogP contribution in [0.5, 0.6) is 0 Å². The Labute approximate surface area is 200 Å². The molecule has 0 spiro atoms. The van der Waals surface area contributed by atoms with Crippen molar-refractivity contribution in [3.63, 3.8) is 0 Å². The van der Waals surface area contributed by atoms with Gasteiger partial charge in [0, 0.05) is 12.2 Å². The van der Waals surface area contributed by atoms with Crippen LogP contribution in [0, 0.1) is 19.7 Å². The number of rotatable bonds is 7. The van der Waals surface area contributed by atoms with Gasteiger partial charge in [0.1, 0.15) is 11.5 Å². The molecule has 174 valence electrons. The number of anilines is 1. The summed E-state index contributed by atoms with van der Waals surface area (Å²) in [6, 6.07) is 19.9. The molecular weight excluding hydrogens is 427 g/mol. The van der Waals surface area contributed by atoms with Crippen LogP contribution in [0.25, 0.3) is 5.57 Å². The number of carbonyl (C=O) groups is 2. The Kier molecular flexibility index (Phi) is 6.64. The zero-order valence-electron chi connectivity index (χ0n) is 20.0. The topological polar surface area (TPSA) is 49.4 Å². The number of benzene rings is 3. The molecule has 0 radical (unpaired) electrons. The second-order valence-electron chi connectivity index (χ2n) is 9.11. The molecule has 0 bridgehead atoms. The van der Waals surface area contributed by atoms with E-state index in [0.29, 0.717) is 17.9 Å². The average molecular weight is 457 g/mol. The Balaban J connectivity index is 1.67. The van der Waals surface area contributed by atoms with Crippen molar-refractivity contribution in [1.82, 2.24) is 4.90 Å². The minimum Gasteiger partial charge on any atom is -0.350 e. The quantitative estimate of drug-likeness (QED) is 0.444. The molecule has 3 aromatic carbocycles. The number of hydrogen-bond donors (Lipinski definition) is 1. The van der Waals surface area contributed by atoms with E-state index in [1.165, 1.54) is 22.6 Å². The predicted molar refractivity (Wildman–Crippen MR) is 134 cm³/mol. The van der Waals surface area contributed by atoms with Crippen LogP contribution in [0.4, 0.5) is 10.1 Å². The lowest BCUT2D eigenvalue weighted by Crippen LogP contribution is -2.34. The molecule has 4 nitrogen and oxygen atoms in total. The van der Waals surface area contributed by atoms with E-state index in [-0.39, 0.29) is 29.9 Å². The third-order valence-corrected chi connectivity index (χ3v) is 6.20. The predicted octanol–water partition coefficient (Wildman–Crippen LogP) is 6.00. The summed E-state index contributed by atoms with van der Waals surface area (Å²) in [7, 11) is 0. The molecule has 3 aromatic rings. The van der Waals surface area contributed by atoms with Gasteiger partial charge in [0.2, 0.25) is 0 Å². The number of aryl methyl sites for hydroxylation is 2. The van der Waals surface area contributed by atoms with Gasteiger partial charge in [-0.15, -0.1) is 0 Å². The largest absolute Gasteiger partial charge is 0.350 e. The smallest absolute Gasteiger partial charge is 0.278 e. The minimum atomic E-state index is -0.352. The normalized spacial score (nSPS) is 13.9. The van der Waals surface area contributed by atoms with Gasteiger partial charge in [-0.1, -0.05) is 61.9 Å². The zero-order chi connectivity index (χ0) is 24.4. The van der Waals surface area contributed by atoms with Crippen LogP contribution < -0.4 is 5.32 Å². The highest BCUT2D eigenvalue weighted by molar-refractivity contribution is 6.36. The van der Waals surface area contributed by atoms with E-state index >= 15 is 0 Å². The van der Waals surface area contributed by atoms with Gasteiger partial charge >= 0.3 is 0 Å². The Morgan fingerprint density at radius 3 is 2.18 bits per heavy atom. The molecule has 1 aliphatic heterocycles. The first-order valence-corrected chi connectivity index (χ1v) is 11.5. The number of amides is 2. The van der Waals surface area contributed by atoms with Crippen LogP contribution >= 0.6 is 0 Å². The summed E-state index contributed by atoms with van der Waals surface area (Å²) in [6.45, 7) is 8.42. The molecule has 5 heteroatoms. The van der Waals surface area contributed by atoms with Crippen LogP contribution in [0.15, 0.2) is 72.4 Å². The van der Waals surface area contributed by atoms with Crippen LogP contribution in [-0.4, -0.2) is 23.3 Å². The molecule has 1 N–H and O–H groups in total. The standard InChI is InChI=1S/C29H29FN2O2/c1-18(2)22-8-12-24(13-9-22)31-27-26(25-14-5-19(3)17-20(25)4)28(33)32(29(27)34)16-15-21-6-10-23(30)11-7-21/h5-14,17-18,31H,15-16H2,1-4H3. The van der Waals surface area contributed by atoms with E-state index in [1.54, 1.807) is 12.1 Å². The van der Waals surface area contributed by atoms with Gasteiger partial charge in [0.05, 0.1) is 5.57 Å². The van der Waals surface area contributed by atoms with Crippen molar-refractivity contribution in [1.29, 1.82) is 0 Å². The minimum absolute atomic E-state index is 0.217. The molecular formula is C29H29FN2O2. The third-order valence-electron chi connectivity index (χ3n) is 6.20. The molecule has 0 aliphatic carbocycles. The average Bonchev–Trinajstić information content (AvgIpc) is 3.03. The molecule has 0 unspecified atom stereocenters. The first-order valence-electron chi connectivity index (χ1n) is 11.5. The fourth-order valence-corrected chi connectivity index (χ4v) is 4.23. The molecule has 0 saturated heterocycles. The van der Waals surface area contributed by atoms with E-state index in [0.717, 1.165) is 27.9 Å². The summed E-state index contributed by atoms with van der Waals surface area (Å²) in [6.07, 6.45) is 0.453. The third kappa shape index (κ3) is 4.79. The van der Waals surface area contributed by atoms with Gasteiger partial charge in [-0.25, -0.2) is 4.39 Å². The number of halogens is 1. The monoisotopic (exact) mass is 456 g/mol. The fourth-order valence-electron chi connectivity index (χ4n) is 4.23. The molecule has 2 amide bonds. The summed E-state index contributed by atoms with van der Waals surface area (Å²) in [5.41, 5.74) is 6.25. The second-order valence-corrected chi connectivity index (χ2v) is 9.11. The Hall–Kier alpha value is -3.73. The van der Waals surface area contributed by atoms with E-state index < -0.39 is 0 Å². The van der Waals surface area contributed by atoms with Gasteiger partial charge < -0.3 is 5.32 Å². The summed E-state index contributed by atoms with van der Waals surface area (Å²) in [5, 5.41) is 3.23. The van der Waals surface area contributed by atoms with Crippen molar-refractivity contribution in [3.8, 4) is 0 Å². The van der Waals surface area contributed by atoms with Crippen molar-refractivity contribution in [2.24, 2.45) is 0 Å². The number of nitrogens with zero attached hydrogens (tertiary/aromatic N) is 1. The van der Waals surface area contributed by atoms with Gasteiger partial charge in [-0.05, 0) is 72.7 Å². The van der Waals surface area contributed by atoms with Crippen molar-refractivity contribution < 1.29 is 14.0 Å². The van der Waals surface area contributed by atoms with Crippen molar-refractivity contribution >= 4 is 23.1 Å². The highest BCUT2D eigenvalue weighted by Crippen LogP contribution is 2.33. The number of carbonyl (C=O) groups excluding carboxylic acids is 2. The molecule has 4 rings (SSSR count). The lowest BCUT2D eigenvalue weighted by molar-refractivity contribution is -0.136. The molecule has 1 heterocycles. The van der Waals surface area contributed by atoms with Gasteiger partial charge in [0.15, 0.2) is 0 Å². The molecule has 34 heavy (non-hydrogen) atoms. The van der Waals surface area contributed by atoms with E-state index in [9.17, 15) is 14.0 Å². The molecule has 1 aliphatic rings. The maximum absolute atomic E-state index is 13.5. The van der Waals surface area contributed by atoms with Gasteiger partial charge in [0.25, 0.3) is 11.8 Å². The maximum Gasteiger partial charge on any atom is 0.278 e. The van der Waals surface area contributed by atoms with E-state index in [2.05, 4.69) is 19.2 Å². The fraction of sp³-hybridized carbons (Fsp3) is 0.241. The Morgan fingerprint density at radius 1 is 0.882 bits per heavy atom. The summed E-state index contributed by atoms with van der Waals surface area (Å²) in [5.74, 6) is -0.586. The highest BCUT2D eigenvalue weighted by atomic mass is 19.1. The Bertz CT molecular complexity index is 1260. The van der Waals surface area contributed by atoms with Crippen LogP contribution in [0.1, 0.15) is 47.6 Å². The van der Waals surface area contributed by atoms with Crippen LogP contribution in [0.3, 0.4) is 0 Å². The number of nitrogens with one attached hydrogen (secondary N) is 1. The summed E-state index contributed by atoms with van der Waals surface area (Å²) in [4.78, 5) is 28.3. The van der Waals surface area contributed by atoms with Crippen LogP contribution in [-0.2, 0) is 16.0 Å². The maximum atomic E-state index is 13.5. The SMILES string of the molecule is Cc1ccc(C2=C(Nc3ccc(C(C)C)cc3)C(=O)N(CCc3ccc(F)cc3)C2=O)c(C)c1. The number of hydrogen-bond acceptors (Lipinski definition) is 3. The highest BCUT2D eigenvalue weighted by Gasteiger charge is 2.39. The summed E-state index contributed by atoms with van der Waals surface area (Å²) < 4.78 is 13.3. The molecule has 0 fully saturated rings. The van der Waals surface area contributed by atoms with Crippen molar-refractivity contribution in [3.05, 3.63) is 106 Å². The van der Waals surface area contributed by atoms with E-state index in [1.807, 2.05) is 56.3 Å². The Morgan fingerprint density at radius 2 is 1.56 bits per heavy atom. The molecule has 0 atom stereocenters. The van der Waals surface area contributed by atoms with Crippen molar-refractivity contribution in [2.75, 3.05) is 11.9 Å². The second kappa shape index (κ2) is 9.64. The lowest BCUT2D eigenvalue weighted by atomic mass is 9.97. The zero-order valence-corrected chi connectivity index (χ0v) is 20.0.